The molecule has 0 radical (unpaired) electrons. The van der Waals surface area contributed by atoms with Crippen LogP contribution in [0.2, 0.25) is 0 Å². The van der Waals surface area contributed by atoms with E-state index in [1.54, 1.807) is 0 Å². The van der Waals surface area contributed by atoms with Gasteiger partial charge >= 0.3 is 0 Å². The molecule has 1 aromatic carbocycles. The minimum absolute atomic E-state index is 0.429. The van der Waals surface area contributed by atoms with E-state index in [4.69, 9.17) is 5.73 Å². The minimum Gasteiger partial charge on any atom is -0.369 e. The summed E-state index contributed by atoms with van der Waals surface area (Å²) < 4.78 is 0.828. The number of nitrogens with two attached hydrogens (primary N) is 1. The average molecular weight is 266 g/mol. The predicted molar refractivity (Wildman–Crippen MR) is 65.6 cm³/mol. The molecule has 0 spiro atoms. The maximum atomic E-state index is 5.61. The van der Waals surface area contributed by atoms with E-state index in [0.29, 0.717) is 5.95 Å². The molecular weight excluding hydrogens is 254 g/mol. The second kappa shape index (κ2) is 3.70. The van der Waals surface area contributed by atoms with E-state index in [9.17, 15) is 0 Å². The smallest absolute Gasteiger partial charge is 0.198 e. The van der Waals surface area contributed by atoms with E-state index in [0.717, 1.165) is 15.9 Å². The van der Waals surface area contributed by atoms with Crippen LogP contribution in [0.15, 0.2) is 22.8 Å². The third-order valence-corrected chi connectivity index (χ3v) is 2.90. The highest BCUT2D eigenvalue weighted by Crippen LogP contribution is 2.29. The number of aromatic nitrogens is 2. The number of nitrogen functional groups attached to an aromatic ring is 1. The molecule has 3 N–H and O–H groups in total. The summed E-state index contributed by atoms with van der Waals surface area (Å²) in [5.41, 5.74) is 9.98. The van der Waals surface area contributed by atoms with Crippen LogP contribution < -0.4 is 5.73 Å². The lowest BCUT2D eigenvalue weighted by Gasteiger charge is -2.04. The number of hydrogen-bond acceptors (Lipinski definition) is 2. The number of aryl methyl sites for hydroxylation is 2. The van der Waals surface area contributed by atoms with E-state index >= 15 is 0 Å². The molecular formula is C11H12BrN3. The molecule has 1 aromatic heterocycles. The number of halogens is 1. The second-order valence-corrected chi connectivity index (χ2v) is 4.40. The number of benzene rings is 1. The monoisotopic (exact) mass is 265 g/mol. The fourth-order valence-electron chi connectivity index (χ4n) is 1.54. The maximum Gasteiger partial charge on any atom is 0.198 e. The van der Waals surface area contributed by atoms with Crippen LogP contribution in [0.3, 0.4) is 0 Å². The summed E-state index contributed by atoms with van der Waals surface area (Å²) in [6.07, 6.45) is 0. The third kappa shape index (κ3) is 1.90. The van der Waals surface area contributed by atoms with Crippen molar-refractivity contribution in [3.05, 3.63) is 33.9 Å². The van der Waals surface area contributed by atoms with Crippen LogP contribution in [0, 0.1) is 13.8 Å². The number of nitrogens with one attached hydrogen (secondary N) is 1. The van der Waals surface area contributed by atoms with E-state index in [2.05, 4.69) is 57.9 Å². The normalized spacial score (nSPS) is 10.6. The summed E-state index contributed by atoms with van der Waals surface area (Å²) in [5, 5.41) is 0. The van der Waals surface area contributed by atoms with Gasteiger partial charge in [-0.1, -0.05) is 17.7 Å². The third-order valence-electron chi connectivity index (χ3n) is 2.33. The van der Waals surface area contributed by atoms with Crippen molar-refractivity contribution in [2.45, 2.75) is 13.8 Å². The predicted octanol–water partition coefficient (Wildman–Crippen LogP) is 3.04. The standard InChI is InChI=1S/C11H12BrN3/c1-6-3-4-7(2)8(5-6)9-10(12)15-11(13)14-9/h3-5H,1-2H3,(H3,13,14,15). The van der Waals surface area contributed by atoms with Gasteiger partial charge in [0.1, 0.15) is 10.3 Å². The first kappa shape index (κ1) is 10.2. The van der Waals surface area contributed by atoms with Crippen LogP contribution in [0.5, 0.6) is 0 Å². The molecule has 1 heterocycles. The molecule has 0 aliphatic rings. The van der Waals surface area contributed by atoms with Crippen molar-refractivity contribution in [1.29, 1.82) is 0 Å². The molecule has 0 saturated heterocycles. The van der Waals surface area contributed by atoms with Gasteiger partial charge in [-0.05, 0) is 41.4 Å². The molecule has 4 heteroatoms. The molecule has 15 heavy (non-hydrogen) atoms. The number of nitrogens with zero attached hydrogens (tertiary/aromatic N) is 1. The Balaban J connectivity index is 2.62. The van der Waals surface area contributed by atoms with Gasteiger partial charge in [0.05, 0.1) is 0 Å². The molecule has 0 aliphatic heterocycles. The van der Waals surface area contributed by atoms with E-state index in [1.807, 2.05) is 0 Å². The van der Waals surface area contributed by atoms with Gasteiger partial charge in [-0.3, -0.25) is 0 Å². The summed E-state index contributed by atoms with van der Waals surface area (Å²) in [4.78, 5) is 7.19. The van der Waals surface area contributed by atoms with Crippen LogP contribution in [-0.4, -0.2) is 9.97 Å². The fourth-order valence-corrected chi connectivity index (χ4v) is 2.04. The van der Waals surface area contributed by atoms with E-state index in [-0.39, 0.29) is 0 Å². The first-order valence-electron chi connectivity index (χ1n) is 4.66. The van der Waals surface area contributed by atoms with Crippen LogP contribution >= 0.6 is 15.9 Å². The summed E-state index contributed by atoms with van der Waals surface area (Å²) >= 11 is 3.41. The number of imidazole rings is 1. The van der Waals surface area contributed by atoms with Gasteiger partial charge < -0.3 is 10.7 Å². The SMILES string of the molecule is Cc1ccc(C)c(-c2nc(N)[nH]c2Br)c1. The Kier molecular flexibility index (Phi) is 2.52. The van der Waals surface area contributed by atoms with Crippen LogP contribution in [-0.2, 0) is 0 Å². The Bertz CT molecular complexity index is 503. The number of anilines is 1. The minimum atomic E-state index is 0.429. The van der Waals surface area contributed by atoms with Crippen molar-refractivity contribution in [2.24, 2.45) is 0 Å². The van der Waals surface area contributed by atoms with Gasteiger partial charge in [0, 0.05) is 5.56 Å². The molecule has 0 amide bonds. The molecule has 0 atom stereocenters. The van der Waals surface area contributed by atoms with Crippen molar-refractivity contribution >= 4 is 21.9 Å². The topological polar surface area (TPSA) is 54.7 Å². The Hall–Kier alpha value is -1.29. The summed E-state index contributed by atoms with van der Waals surface area (Å²) in [6.45, 7) is 4.12. The molecule has 0 fully saturated rings. The molecule has 2 rings (SSSR count). The zero-order chi connectivity index (χ0) is 11.0. The molecule has 3 nitrogen and oxygen atoms in total. The Morgan fingerprint density at radius 1 is 1.33 bits per heavy atom. The number of hydrogen-bond donors (Lipinski definition) is 2. The molecule has 2 aromatic rings. The van der Waals surface area contributed by atoms with Gasteiger partial charge in [0.2, 0.25) is 0 Å². The highest BCUT2D eigenvalue weighted by molar-refractivity contribution is 9.10. The van der Waals surface area contributed by atoms with Crippen molar-refractivity contribution in [3.63, 3.8) is 0 Å². The number of H-pyrrole nitrogens is 1. The average Bonchev–Trinajstić information content (AvgIpc) is 2.50. The lowest BCUT2D eigenvalue weighted by Crippen LogP contribution is -1.87. The molecule has 0 bridgehead atoms. The lowest BCUT2D eigenvalue weighted by molar-refractivity contribution is 1.31. The highest BCUT2D eigenvalue weighted by Gasteiger charge is 2.10. The van der Waals surface area contributed by atoms with Crippen LogP contribution in [0.1, 0.15) is 11.1 Å². The van der Waals surface area contributed by atoms with Gasteiger partial charge in [-0.25, -0.2) is 4.98 Å². The van der Waals surface area contributed by atoms with Crippen molar-refractivity contribution in [3.8, 4) is 11.3 Å². The highest BCUT2D eigenvalue weighted by atomic mass is 79.9. The van der Waals surface area contributed by atoms with Crippen molar-refractivity contribution < 1.29 is 0 Å². The second-order valence-electron chi connectivity index (χ2n) is 3.60. The molecule has 0 unspecified atom stereocenters. The lowest BCUT2D eigenvalue weighted by atomic mass is 10.0. The summed E-state index contributed by atoms with van der Waals surface area (Å²) in [6, 6.07) is 6.28. The van der Waals surface area contributed by atoms with Gasteiger partial charge in [0.25, 0.3) is 0 Å². The summed E-state index contributed by atoms with van der Waals surface area (Å²) in [5.74, 6) is 0.429. The first-order chi connectivity index (χ1) is 7.08. The van der Waals surface area contributed by atoms with E-state index < -0.39 is 0 Å². The van der Waals surface area contributed by atoms with Gasteiger partial charge in [0.15, 0.2) is 5.95 Å². The van der Waals surface area contributed by atoms with Gasteiger partial charge in [-0.15, -0.1) is 0 Å². The van der Waals surface area contributed by atoms with E-state index in [1.165, 1.54) is 11.1 Å². The number of rotatable bonds is 1. The van der Waals surface area contributed by atoms with Crippen molar-refractivity contribution in [1.82, 2.24) is 9.97 Å². The maximum absolute atomic E-state index is 5.61. The van der Waals surface area contributed by atoms with Crippen molar-refractivity contribution in [2.75, 3.05) is 5.73 Å². The van der Waals surface area contributed by atoms with Crippen LogP contribution in [0.25, 0.3) is 11.3 Å². The quantitative estimate of drug-likeness (QED) is 0.833. The number of aromatic amines is 1. The zero-order valence-corrected chi connectivity index (χ0v) is 10.2. The molecule has 0 saturated carbocycles. The fraction of sp³-hybridized carbons (Fsp3) is 0.182. The van der Waals surface area contributed by atoms with Crippen LogP contribution in [0.4, 0.5) is 5.95 Å². The van der Waals surface area contributed by atoms with Gasteiger partial charge in [-0.2, -0.15) is 0 Å². The Labute approximate surface area is 96.9 Å². The first-order valence-corrected chi connectivity index (χ1v) is 5.46. The Morgan fingerprint density at radius 2 is 2.07 bits per heavy atom. The zero-order valence-electron chi connectivity index (χ0n) is 8.63. The summed E-state index contributed by atoms with van der Waals surface area (Å²) in [7, 11) is 0. The largest absolute Gasteiger partial charge is 0.369 e. The Morgan fingerprint density at radius 3 is 2.67 bits per heavy atom. The molecule has 78 valence electrons. The molecule has 0 aliphatic carbocycles.